The van der Waals surface area contributed by atoms with E-state index in [1.54, 1.807) is 18.3 Å². The van der Waals surface area contributed by atoms with Crippen molar-refractivity contribution in [2.45, 2.75) is 19.3 Å². The van der Waals surface area contributed by atoms with Gasteiger partial charge >= 0.3 is 0 Å². The first-order valence-corrected chi connectivity index (χ1v) is 8.58. The molecule has 2 aromatic heterocycles. The van der Waals surface area contributed by atoms with Crippen molar-refractivity contribution in [1.82, 2.24) is 15.4 Å². The number of hydrogen-bond donors (Lipinski definition) is 1. The number of halogens is 1. The summed E-state index contributed by atoms with van der Waals surface area (Å²) in [6, 6.07) is 3.37. The van der Waals surface area contributed by atoms with Gasteiger partial charge in [0.1, 0.15) is 0 Å². The lowest BCUT2D eigenvalue weighted by Gasteiger charge is -2.25. The van der Waals surface area contributed by atoms with Gasteiger partial charge in [0.25, 0.3) is 5.91 Å². The van der Waals surface area contributed by atoms with Gasteiger partial charge in [-0.1, -0.05) is 22.9 Å². The Morgan fingerprint density at radius 3 is 2.96 bits per heavy atom. The molecule has 1 saturated heterocycles. The van der Waals surface area contributed by atoms with Crippen molar-refractivity contribution in [1.29, 1.82) is 0 Å². The number of hydrazone groups is 1. The molecule has 120 valence electrons. The highest BCUT2D eigenvalue weighted by atomic mass is 35.5. The van der Waals surface area contributed by atoms with E-state index in [0.29, 0.717) is 10.7 Å². The highest BCUT2D eigenvalue weighted by molar-refractivity contribution is 7.17. The third-order valence-electron chi connectivity index (χ3n) is 3.50. The Morgan fingerprint density at radius 2 is 2.22 bits per heavy atom. The molecule has 3 rings (SSSR count). The van der Waals surface area contributed by atoms with Gasteiger partial charge < -0.3 is 4.90 Å². The van der Waals surface area contributed by atoms with Crippen LogP contribution in [0.5, 0.6) is 0 Å². The average molecular weight is 350 g/mol. The Hall–Kier alpha value is -1.99. The predicted molar refractivity (Wildman–Crippen MR) is 92.5 cm³/mol. The van der Waals surface area contributed by atoms with Crippen LogP contribution in [0.2, 0.25) is 5.15 Å². The van der Waals surface area contributed by atoms with E-state index in [1.807, 2.05) is 0 Å². The van der Waals surface area contributed by atoms with E-state index in [4.69, 9.17) is 11.6 Å². The summed E-state index contributed by atoms with van der Waals surface area (Å²) in [6.45, 7) is 2.02. The lowest BCUT2D eigenvalue weighted by molar-refractivity contribution is 0.0955. The first kappa shape index (κ1) is 15.9. The number of hydrogen-bond acceptors (Lipinski definition) is 6. The molecule has 0 spiro atoms. The van der Waals surface area contributed by atoms with Crippen LogP contribution in [0.4, 0.5) is 5.13 Å². The highest BCUT2D eigenvalue weighted by Crippen LogP contribution is 2.30. The fourth-order valence-corrected chi connectivity index (χ4v) is 3.49. The maximum Gasteiger partial charge on any atom is 0.272 e. The highest BCUT2D eigenvalue weighted by Gasteiger charge is 2.16. The molecule has 1 amide bonds. The fourth-order valence-electron chi connectivity index (χ4n) is 2.31. The molecule has 3 heterocycles. The Morgan fingerprint density at radius 1 is 1.39 bits per heavy atom. The number of anilines is 1. The molecule has 0 bridgehead atoms. The standard InChI is InChI=1S/C15H16ClN5OS/c16-13-12(23-15(19-13)21-7-2-1-3-8-21)10-18-20-14(22)11-5-4-6-17-9-11/h4-6,9-10H,1-3,7-8H2,(H,20,22)/b18-10-. The van der Waals surface area contributed by atoms with Crippen LogP contribution in [-0.4, -0.2) is 35.2 Å². The molecular formula is C15H16ClN5OS. The first-order valence-electron chi connectivity index (χ1n) is 7.39. The minimum Gasteiger partial charge on any atom is -0.348 e. The van der Waals surface area contributed by atoms with Gasteiger partial charge in [0.05, 0.1) is 16.7 Å². The normalized spacial score (nSPS) is 15.1. The van der Waals surface area contributed by atoms with E-state index in [2.05, 4.69) is 25.4 Å². The molecule has 23 heavy (non-hydrogen) atoms. The van der Waals surface area contributed by atoms with Crippen molar-refractivity contribution in [3.05, 3.63) is 40.1 Å². The van der Waals surface area contributed by atoms with Crippen LogP contribution in [0.1, 0.15) is 34.5 Å². The minimum absolute atomic E-state index is 0.314. The smallest absolute Gasteiger partial charge is 0.272 e. The fraction of sp³-hybridized carbons (Fsp3) is 0.333. The first-order chi connectivity index (χ1) is 11.2. The number of amides is 1. The summed E-state index contributed by atoms with van der Waals surface area (Å²) in [6.07, 6.45) is 8.26. The van der Waals surface area contributed by atoms with Gasteiger partial charge in [0.2, 0.25) is 0 Å². The van der Waals surface area contributed by atoms with Crippen molar-refractivity contribution >= 4 is 40.2 Å². The minimum atomic E-state index is -0.314. The van der Waals surface area contributed by atoms with Crippen LogP contribution in [0.3, 0.4) is 0 Å². The van der Waals surface area contributed by atoms with Crippen LogP contribution in [0, 0.1) is 0 Å². The molecule has 8 heteroatoms. The Labute approximate surface area is 143 Å². The summed E-state index contributed by atoms with van der Waals surface area (Å²) in [5, 5.41) is 5.28. The molecule has 0 aliphatic carbocycles. The lowest BCUT2D eigenvalue weighted by atomic mass is 10.1. The van der Waals surface area contributed by atoms with Gasteiger partial charge in [-0.05, 0) is 31.4 Å². The summed E-state index contributed by atoms with van der Waals surface area (Å²) in [4.78, 5) is 23.1. The number of carbonyl (C=O) groups excluding carboxylic acids is 1. The number of thiazole rings is 1. The van der Waals surface area contributed by atoms with Crippen molar-refractivity contribution in [2.75, 3.05) is 18.0 Å². The number of piperidine rings is 1. The summed E-state index contributed by atoms with van der Waals surface area (Å²) < 4.78 is 0. The second kappa shape index (κ2) is 7.52. The molecule has 0 saturated carbocycles. The second-order valence-corrected chi connectivity index (χ2v) is 6.51. The number of carbonyl (C=O) groups is 1. The number of pyridine rings is 1. The van der Waals surface area contributed by atoms with Gasteiger partial charge in [0, 0.05) is 25.5 Å². The molecule has 2 aromatic rings. The molecule has 1 fully saturated rings. The Bertz CT molecular complexity index is 697. The summed E-state index contributed by atoms with van der Waals surface area (Å²) in [5.74, 6) is -0.314. The number of nitrogens with zero attached hydrogens (tertiary/aromatic N) is 4. The number of rotatable bonds is 4. The quantitative estimate of drug-likeness (QED) is 0.680. The maximum atomic E-state index is 11.9. The summed E-state index contributed by atoms with van der Waals surface area (Å²) in [7, 11) is 0. The van der Waals surface area contributed by atoms with Crippen molar-refractivity contribution in [3.8, 4) is 0 Å². The van der Waals surface area contributed by atoms with Crippen LogP contribution in [-0.2, 0) is 0 Å². The van der Waals surface area contributed by atoms with Crippen LogP contribution >= 0.6 is 22.9 Å². The van der Waals surface area contributed by atoms with Gasteiger partial charge in [-0.3, -0.25) is 9.78 Å². The topological polar surface area (TPSA) is 70.5 Å². The Balaban J connectivity index is 1.63. The van der Waals surface area contributed by atoms with Crippen molar-refractivity contribution in [3.63, 3.8) is 0 Å². The summed E-state index contributed by atoms with van der Waals surface area (Å²) >= 11 is 7.64. The van der Waals surface area contributed by atoms with E-state index in [-0.39, 0.29) is 5.91 Å². The zero-order valence-electron chi connectivity index (χ0n) is 12.4. The van der Waals surface area contributed by atoms with E-state index in [0.717, 1.165) is 23.1 Å². The molecular weight excluding hydrogens is 334 g/mol. The van der Waals surface area contributed by atoms with Crippen molar-refractivity contribution < 1.29 is 4.79 Å². The molecule has 1 aliphatic heterocycles. The number of nitrogens with one attached hydrogen (secondary N) is 1. The third kappa shape index (κ3) is 4.05. The lowest BCUT2D eigenvalue weighted by Crippen LogP contribution is -2.29. The van der Waals surface area contributed by atoms with Gasteiger partial charge in [-0.2, -0.15) is 5.10 Å². The molecule has 0 aromatic carbocycles. The zero-order chi connectivity index (χ0) is 16.1. The average Bonchev–Trinajstić information content (AvgIpc) is 2.97. The SMILES string of the molecule is O=C(N/N=C\c1sc(N2CCCCC2)nc1Cl)c1cccnc1. The Kier molecular flexibility index (Phi) is 5.19. The maximum absolute atomic E-state index is 11.9. The number of aromatic nitrogens is 2. The molecule has 1 N–H and O–H groups in total. The third-order valence-corrected chi connectivity index (χ3v) is 4.95. The van der Waals surface area contributed by atoms with E-state index in [9.17, 15) is 4.79 Å². The summed E-state index contributed by atoms with van der Waals surface area (Å²) in [5.41, 5.74) is 2.91. The monoisotopic (exact) mass is 349 g/mol. The van der Waals surface area contributed by atoms with E-state index >= 15 is 0 Å². The molecule has 0 unspecified atom stereocenters. The van der Waals surface area contributed by atoms with Gasteiger partial charge in [0.15, 0.2) is 10.3 Å². The largest absolute Gasteiger partial charge is 0.348 e. The van der Waals surface area contributed by atoms with Crippen LogP contribution < -0.4 is 10.3 Å². The van der Waals surface area contributed by atoms with Gasteiger partial charge in [-0.15, -0.1) is 0 Å². The van der Waals surface area contributed by atoms with E-state index in [1.165, 1.54) is 43.0 Å². The molecule has 1 aliphatic rings. The van der Waals surface area contributed by atoms with Crippen LogP contribution in [0.15, 0.2) is 29.6 Å². The van der Waals surface area contributed by atoms with Gasteiger partial charge in [-0.25, -0.2) is 10.4 Å². The van der Waals surface area contributed by atoms with Crippen LogP contribution in [0.25, 0.3) is 0 Å². The van der Waals surface area contributed by atoms with Crippen molar-refractivity contribution in [2.24, 2.45) is 5.10 Å². The molecule has 6 nitrogen and oxygen atoms in total. The predicted octanol–water partition coefficient (Wildman–Crippen LogP) is 2.95. The zero-order valence-corrected chi connectivity index (χ0v) is 14.0. The molecule has 0 atom stereocenters. The second-order valence-electron chi connectivity index (χ2n) is 5.14. The molecule has 0 radical (unpaired) electrons. The van der Waals surface area contributed by atoms with E-state index < -0.39 is 0 Å².